The van der Waals surface area contributed by atoms with Crippen LogP contribution in [0.25, 0.3) is 0 Å². The molecule has 0 aliphatic heterocycles. The Hall–Kier alpha value is -2.72. The van der Waals surface area contributed by atoms with E-state index in [0.717, 1.165) is 49.0 Å². The van der Waals surface area contributed by atoms with Gasteiger partial charge in [0.15, 0.2) is 0 Å². The van der Waals surface area contributed by atoms with Crippen molar-refractivity contribution >= 4 is 0 Å². The average molecular weight is 669 g/mol. The van der Waals surface area contributed by atoms with E-state index in [2.05, 4.69) is 104 Å². The molecule has 3 nitrogen and oxygen atoms in total. The highest BCUT2D eigenvalue weighted by molar-refractivity contribution is 5.47. The van der Waals surface area contributed by atoms with Crippen molar-refractivity contribution in [3.63, 3.8) is 0 Å². The molecule has 0 unspecified atom stereocenters. The Kier molecular flexibility index (Phi) is 22.5. The van der Waals surface area contributed by atoms with Crippen LogP contribution in [0.15, 0.2) is 104 Å². The van der Waals surface area contributed by atoms with Crippen LogP contribution >= 0.6 is 0 Å². The van der Waals surface area contributed by atoms with E-state index in [1.54, 1.807) is 0 Å². The van der Waals surface area contributed by atoms with Gasteiger partial charge in [0.2, 0.25) is 0 Å². The van der Waals surface area contributed by atoms with Gasteiger partial charge in [0.25, 0.3) is 0 Å². The smallest absolute Gasteiger partial charge is 0.143 e. The van der Waals surface area contributed by atoms with E-state index in [0.29, 0.717) is 19.8 Å². The summed E-state index contributed by atoms with van der Waals surface area (Å²) >= 11 is 0. The van der Waals surface area contributed by atoms with Crippen molar-refractivity contribution in [3.05, 3.63) is 120 Å². The fraction of sp³-hybridized carbons (Fsp3) is 0.565. The third kappa shape index (κ3) is 16.2. The first kappa shape index (κ1) is 40.7. The Morgan fingerprint density at radius 3 is 1.35 bits per heavy atom. The number of unbranched alkanes of at least 4 members (excludes halogenated alkanes) is 17. The number of hydrogen-bond acceptors (Lipinski definition) is 3. The summed E-state index contributed by atoms with van der Waals surface area (Å²) in [4.78, 5) is 0. The van der Waals surface area contributed by atoms with E-state index >= 15 is 0 Å². The van der Waals surface area contributed by atoms with Crippen LogP contribution in [-0.4, -0.2) is 32.5 Å². The fourth-order valence-corrected chi connectivity index (χ4v) is 6.74. The number of allylic oxidation sites excluding steroid dienone is 1. The highest BCUT2D eigenvalue weighted by Crippen LogP contribution is 2.40. The Bertz CT molecular complexity index is 1070. The normalized spacial score (nSPS) is 12.3. The van der Waals surface area contributed by atoms with Crippen LogP contribution in [0.2, 0.25) is 0 Å². The molecule has 0 amide bonds. The summed E-state index contributed by atoms with van der Waals surface area (Å²) in [7, 11) is 0. The molecule has 0 aliphatic rings. The molecule has 0 fully saturated rings. The van der Waals surface area contributed by atoms with Crippen LogP contribution in [0.1, 0.15) is 146 Å². The van der Waals surface area contributed by atoms with Crippen LogP contribution in [-0.2, 0) is 19.8 Å². The van der Waals surface area contributed by atoms with Gasteiger partial charge < -0.3 is 14.2 Å². The van der Waals surface area contributed by atoms with Crippen molar-refractivity contribution in [2.45, 2.75) is 141 Å². The number of rotatable bonds is 31. The van der Waals surface area contributed by atoms with Crippen LogP contribution < -0.4 is 0 Å². The SMILES string of the molecule is C=CCCCCO[C@H](COCCCCCCCCCCCCCCCCCC)COC(c1ccccc1)(c1ccccc1)c1ccccc1. The monoisotopic (exact) mass is 669 g/mol. The molecule has 0 aliphatic carbocycles. The lowest BCUT2D eigenvalue weighted by Crippen LogP contribution is -2.37. The topological polar surface area (TPSA) is 27.7 Å². The standard InChI is InChI=1S/C46H68O3/c1-3-5-7-9-10-11-12-13-14-15-16-17-18-19-20-30-38-47-40-45(48-39-31-8-6-4-2)41-49-46(42-32-24-21-25-33-42,43-34-26-22-27-35-43)44-36-28-23-29-37-44/h4,21-29,32-37,45H,2-3,5-20,30-31,38-41H2,1H3/t45-/m1/s1. The molecule has 3 aromatic carbocycles. The van der Waals surface area contributed by atoms with Gasteiger partial charge >= 0.3 is 0 Å². The summed E-state index contributed by atoms with van der Waals surface area (Å²) in [5.41, 5.74) is 2.55. The first-order valence-corrected chi connectivity index (χ1v) is 19.9. The maximum Gasteiger partial charge on any atom is 0.143 e. The predicted molar refractivity (Wildman–Crippen MR) is 209 cm³/mol. The quantitative estimate of drug-likeness (QED) is 0.0388. The summed E-state index contributed by atoms with van der Waals surface area (Å²) in [5.74, 6) is 0. The lowest BCUT2D eigenvalue weighted by molar-refractivity contribution is -0.0922. The van der Waals surface area contributed by atoms with Gasteiger partial charge in [0.05, 0.1) is 13.2 Å². The lowest BCUT2D eigenvalue weighted by Gasteiger charge is -2.37. The van der Waals surface area contributed by atoms with Crippen LogP contribution in [0.4, 0.5) is 0 Å². The second kappa shape index (κ2) is 27.1. The summed E-state index contributed by atoms with van der Waals surface area (Å²) in [5, 5.41) is 0. The fourth-order valence-electron chi connectivity index (χ4n) is 6.74. The summed E-state index contributed by atoms with van der Waals surface area (Å²) in [6.07, 6.45) is 26.9. The highest BCUT2D eigenvalue weighted by atomic mass is 16.6. The molecule has 49 heavy (non-hydrogen) atoms. The summed E-state index contributed by atoms with van der Waals surface area (Å²) in [6.45, 7) is 8.59. The second-order valence-electron chi connectivity index (χ2n) is 13.7. The minimum Gasteiger partial charge on any atom is -0.379 e. The largest absolute Gasteiger partial charge is 0.379 e. The summed E-state index contributed by atoms with van der Waals surface area (Å²) < 4.78 is 19.8. The van der Waals surface area contributed by atoms with E-state index in [4.69, 9.17) is 14.2 Å². The number of hydrogen-bond donors (Lipinski definition) is 0. The van der Waals surface area contributed by atoms with E-state index in [-0.39, 0.29) is 6.10 Å². The number of ether oxygens (including phenoxy) is 3. The maximum absolute atomic E-state index is 7.09. The molecule has 270 valence electrons. The molecule has 0 heterocycles. The van der Waals surface area contributed by atoms with Crippen molar-refractivity contribution in [1.29, 1.82) is 0 Å². The molecule has 3 aromatic rings. The molecule has 3 rings (SSSR count). The molecular formula is C46H68O3. The third-order valence-electron chi connectivity index (χ3n) is 9.63. The van der Waals surface area contributed by atoms with Crippen molar-refractivity contribution in [1.82, 2.24) is 0 Å². The molecule has 0 spiro atoms. The average Bonchev–Trinajstić information content (AvgIpc) is 3.15. The van der Waals surface area contributed by atoms with Crippen molar-refractivity contribution in [2.24, 2.45) is 0 Å². The molecule has 0 N–H and O–H groups in total. The Morgan fingerprint density at radius 1 is 0.510 bits per heavy atom. The van der Waals surface area contributed by atoms with Gasteiger partial charge in [-0.25, -0.2) is 0 Å². The maximum atomic E-state index is 7.09. The van der Waals surface area contributed by atoms with Crippen LogP contribution in [0, 0.1) is 0 Å². The zero-order chi connectivity index (χ0) is 34.5. The molecule has 0 aromatic heterocycles. The van der Waals surface area contributed by atoms with Gasteiger partial charge in [0, 0.05) is 13.2 Å². The van der Waals surface area contributed by atoms with Crippen molar-refractivity contribution in [2.75, 3.05) is 26.4 Å². The molecule has 0 radical (unpaired) electrons. The highest BCUT2D eigenvalue weighted by Gasteiger charge is 2.38. The van der Waals surface area contributed by atoms with Crippen LogP contribution in [0.5, 0.6) is 0 Å². The van der Waals surface area contributed by atoms with Gasteiger partial charge in [-0.1, -0.05) is 200 Å². The zero-order valence-corrected chi connectivity index (χ0v) is 31.0. The summed E-state index contributed by atoms with van der Waals surface area (Å²) in [6, 6.07) is 31.7. The molecule has 3 heteroatoms. The van der Waals surface area contributed by atoms with Crippen molar-refractivity contribution < 1.29 is 14.2 Å². The molecule has 0 bridgehead atoms. The predicted octanol–water partition coefficient (Wildman–Crippen LogP) is 13.0. The van der Waals surface area contributed by atoms with Gasteiger partial charge in [0.1, 0.15) is 11.7 Å². The Labute approximate surface area is 300 Å². The minimum absolute atomic E-state index is 0.152. The van der Waals surface area contributed by atoms with Crippen molar-refractivity contribution in [3.8, 4) is 0 Å². The Balaban J connectivity index is 1.44. The van der Waals surface area contributed by atoms with E-state index in [1.165, 1.54) is 96.3 Å². The first-order chi connectivity index (χ1) is 24.3. The first-order valence-electron chi connectivity index (χ1n) is 19.9. The van der Waals surface area contributed by atoms with Gasteiger partial charge in [-0.15, -0.1) is 6.58 Å². The third-order valence-corrected chi connectivity index (χ3v) is 9.63. The molecule has 0 saturated carbocycles. The zero-order valence-electron chi connectivity index (χ0n) is 31.0. The second-order valence-corrected chi connectivity index (χ2v) is 13.7. The lowest BCUT2D eigenvalue weighted by atomic mass is 9.80. The molecule has 1 atom stereocenters. The van der Waals surface area contributed by atoms with Gasteiger partial charge in [-0.2, -0.15) is 0 Å². The van der Waals surface area contributed by atoms with E-state index < -0.39 is 5.60 Å². The van der Waals surface area contributed by atoms with Gasteiger partial charge in [-0.3, -0.25) is 0 Å². The molecular weight excluding hydrogens is 601 g/mol. The van der Waals surface area contributed by atoms with E-state index in [1.807, 2.05) is 6.08 Å². The van der Waals surface area contributed by atoms with Crippen LogP contribution in [0.3, 0.4) is 0 Å². The van der Waals surface area contributed by atoms with E-state index in [9.17, 15) is 0 Å². The molecule has 0 saturated heterocycles. The number of benzene rings is 3. The Morgan fingerprint density at radius 2 is 0.918 bits per heavy atom. The minimum atomic E-state index is -0.762. The van der Waals surface area contributed by atoms with Gasteiger partial charge in [-0.05, 0) is 42.4 Å².